The molecule has 0 spiro atoms. The minimum absolute atomic E-state index is 0. The quantitative estimate of drug-likeness (QED) is 0.485. The highest BCUT2D eigenvalue weighted by molar-refractivity contribution is 7.90. The van der Waals surface area contributed by atoms with Crippen LogP contribution < -0.4 is 10.0 Å². The van der Waals surface area contributed by atoms with E-state index in [-0.39, 0.29) is 46.9 Å². The average molecular weight is 483 g/mol. The lowest BCUT2D eigenvalue weighted by Crippen LogP contribution is -2.44. The molecule has 2 heterocycles. The summed E-state index contributed by atoms with van der Waals surface area (Å²) >= 11 is 0. The van der Waals surface area contributed by atoms with E-state index in [9.17, 15) is 13.0 Å². The molecule has 0 amide bonds. The van der Waals surface area contributed by atoms with Crippen LogP contribution in [-0.4, -0.2) is 27.8 Å². The van der Waals surface area contributed by atoms with E-state index in [2.05, 4.69) is 15.0 Å². The van der Waals surface area contributed by atoms with Gasteiger partial charge in [0.1, 0.15) is 27.4 Å². The fourth-order valence-corrected chi connectivity index (χ4v) is 5.15. The summed E-state index contributed by atoms with van der Waals surface area (Å²) in [5.74, 6) is -2.11. The number of hydrogen-bond acceptors (Lipinski definition) is 4. The molecular weight excluding hydrogens is 461 g/mol. The third-order valence-corrected chi connectivity index (χ3v) is 6.86. The van der Waals surface area contributed by atoms with Crippen LogP contribution in [0.3, 0.4) is 0 Å². The zero-order chi connectivity index (χ0) is 22.0. The first-order valence-corrected chi connectivity index (χ1v) is 11.3. The van der Waals surface area contributed by atoms with E-state index in [0.717, 1.165) is 18.2 Å². The molecule has 4 rings (SSSR count). The van der Waals surface area contributed by atoms with Gasteiger partial charge in [-0.1, -0.05) is 18.2 Å². The van der Waals surface area contributed by atoms with Crippen LogP contribution in [0.4, 0.5) is 13.2 Å². The van der Waals surface area contributed by atoms with Crippen molar-refractivity contribution in [3.63, 3.8) is 0 Å². The smallest absolute Gasteiger partial charge is 0.136 e. The molecule has 170 valence electrons. The van der Waals surface area contributed by atoms with Gasteiger partial charge in [0.05, 0.1) is 4.90 Å². The molecule has 1 fully saturated rings. The summed E-state index contributed by atoms with van der Waals surface area (Å²) in [6.45, 7) is 0.626. The summed E-state index contributed by atoms with van der Waals surface area (Å²) in [7, 11) is -3.27. The van der Waals surface area contributed by atoms with E-state index in [1.165, 1.54) is 12.3 Å². The van der Waals surface area contributed by atoms with Crippen LogP contribution >= 0.6 is 12.4 Å². The van der Waals surface area contributed by atoms with Crippen LogP contribution in [0.2, 0.25) is 0 Å². The number of nitrogens with zero attached hydrogens (tertiary/aromatic N) is 1. The van der Waals surface area contributed by atoms with Crippen molar-refractivity contribution in [2.24, 2.45) is 0 Å². The van der Waals surface area contributed by atoms with Crippen molar-refractivity contribution >= 4 is 22.3 Å². The van der Waals surface area contributed by atoms with Crippen molar-refractivity contribution in [3.05, 3.63) is 83.9 Å². The van der Waals surface area contributed by atoms with Gasteiger partial charge in [0.2, 0.25) is 0 Å². The molecule has 1 aliphatic rings. The second kappa shape index (κ2) is 9.99. The topological polar surface area (TPSA) is 77.9 Å². The first-order chi connectivity index (χ1) is 14.8. The number of rotatable bonds is 6. The van der Waals surface area contributed by atoms with E-state index in [1.807, 2.05) is 0 Å². The number of pyridine rings is 1. The standard InChI is InChI=1S/C22H21F3N4OS.ClH/c23-16-9-15(10-17(24)12-16)19-5-1-3-14(22(19)25)11-21-20(6-8-28-21)29-31(26,30)18-4-2-7-27-13-18;/h1-5,7,9-10,12-13,20-21,28H,6,8,11H2,(H2,26,29,30);1H/t20-,21-,31?;/m0./s1. The maximum Gasteiger partial charge on any atom is 0.136 e. The third-order valence-electron chi connectivity index (χ3n) is 5.32. The molecule has 32 heavy (non-hydrogen) atoms. The predicted molar refractivity (Wildman–Crippen MR) is 119 cm³/mol. The van der Waals surface area contributed by atoms with Crippen LogP contribution in [0.25, 0.3) is 11.1 Å². The molecule has 0 radical (unpaired) electrons. The fraction of sp³-hybridized carbons (Fsp3) is 0.227. The van der Waals surface area contributed by atoms with E-state index < -0.39 is 27.4 Å². The summed E-state index contributed by atoms with van der Waals surface area (Å²) in [6.07, 6.45) is 3.81. The molecule has 1 saturated heterocycles. The van der Waals surface area contributed by atoms with E-state index in [0.29, 0.717) is 18.5 Å². The molecule has 0 saturated carbocycles. The summed E-state index contributed by atoms with van der Waals surface area (Å²) in [6, 6.07) is 10.3. The Balaban J connectivity index is 0.00000289. The highest BCUT2D eigenvalue weighted by atomic mass is 35.5. The number of aromatic nitrogens is 1. The number of hydrogen-bond donors (Lipinski definition) is 3. The number of nitrogens with one attached hydrogen (secondary N) is 3. The number of halogens is 4. The molecule has 3 N–H and O–H groups in total. The van der Waals surface area contributed by atoms with Crippen LogP contribution in [0.1, 0.15) is 12.0 Å². The van der Waals surface area contributed by atoms with Gasteiger partial charge < -0.3 is 5.32 Å². The Morgan fingerprint density at radius 1 is 1.12 bits per heavy atom. The maximum absolute atomic E-state index is 15.2. The summed E-state index contributed by atoms with van der Waals surface area (Å²) in [4.78, 5) is 4.20. The Bertz CT molecular complexity index is 1170. The van der Waals surface area contributed by atoms with Crippen molar-refractivity contribution in [2.75, 3.05) is 6.54 Å². The summed E-state index contributed by atoms with van der Waals surface area (Å²) < 4.78 is 66.4. The highest BCUT2D eigenvalue weighted by Crippen LogP contribution is 2.28. The van der Waals surface area contributed by atoms with Crippen molar-refractivity contribution < 1.29 is 17.4 Å². The van der Waals surface area contributed by atoms with Gasteiger partial charge >= 0.3 is 0 Å². The second-order valence-corrected chi connectivity index (χ2v) is 9.28. The van der Waals surface area contributed by atoms with Crippen LogP contribution in [-0.2, 0) is 16.3 Å². The molecule has 10 heteroatoms. The monoisotopic (exact) mass is 482 g/mol. The molecule has 1 unspecified atom stereocenters. The lowest BCUT2D eigenvalue weighted by molar-refractivity contribution is 0.495. The van der Waals surface area contributed by atoms with Gasteiger partial charge in [-0.3, -0.25) is 4.98 Å². The minimum atomic E-state index is -3.27. The van der Waals surface area contributed by atoms with E-state index >= 15 is 4.39 Å². The SMILES string of the molecule is Cl.N=S(=O)(N[C@H]1CCN[C@H]1Cc1cccc(-c2cc(F)cc(F)c2)c1F)c1cccnc1. The van der Waals surface area contributed by atoms with E-state index in [1.54, 1.807) is 30.5 Å². The second-order valence-electron chi connectivity index (χ2n) is 7.46. The lowest BCUT2D eigenvalue weighted by atomic mass is 9.96. The Morgan fingerprint density at radius 3 is 2.56 bits per heavy atom. The minimum Gasteiger partial charge on any atom is -0.312 e. The molecule has 5 nitrogen and oxygen atoms in total. The van der Waals surface area contributed by atoms with Crippen molar-refractivity contribution in [3.8, 4) is 11.1 Å². The molecule has 3 aromatic rings. The van der Waals surface area contributed by atoms with Crippen molar-refractivity contribution in [2.45, 2.75) is 29.8 Å². The average Bonchev–Trinajstić information content (AvgIpc) is 3.15. The largest absolute Gasteiger partial charge is 0.312 e. The molecule has 1 aliphatic heterocycles. The molecule has 1 aromatic heterocycles. The van der Waals surface area contributed by atoms with Crippen LogP contribution in [0.5, 0.6) is 0 Å². The Hall–Kier alpha value is -2.46. The van der Waals surface area contributed by atoms with Gasteiger partial charge in [-0.25, -0.2) is 26.9 Å². The zero-order valence-corrected chi connectivity index (χ0v) is 18.5. The predicted octanol–water partition coefficient (Wildman–Crippen LogP) is 4.47. The Kier molecular flexibility index (Phi) is 7.55. The zero-order valence-electron chi connectivity index (χ0n) is 16.9. The van der Waals surface area contributed by atoms with E-state index in [4.69, 9.17) is 4.78 Å². The maximum atomic E-state index is 15.2. The first kappa shape index (κ1) is 24.2. The fourth-order valence-electron chi connectivity index (χ4n) is 3.83. The summed E-state index contributed by atoms with van der Waals surface area (Å²) in [5.41, 5.74) is 0.598. The Labute approximate surface area is 191 Å². The molecular formula is C22H22ClF3N4OS. The van der Waals surface area contributed by atoms with Crippen LogP contribution in [0.15, 0.2) is 65.8 Å². The van der Waals surface area contributed by atoms with Gasteiger partial charge in [-0.2, -0.15) is 0 Å². The first-order valence-electron chi connectivity index (χ1n) is 9.77. The lowest BCUT2D eigenvalue weighted by Gasteiger charge is -2.23. The Morgan fingerprint density at radius 2 is 1.88 bits per heavy atom. The third kappa shape index (κ3) is 5.29. The molecule has 2 aromatic carbocycles. The number of benzene rings is 2. The van der Waals surface area contributed by atoms with Gasteiger partial charge in [0.25, 0.3) is 0 Å². The molecule has 0 aliphatic carbocycles. The van der Waals surface area contributed by atoms with Gasteiger partial charge in [0, 0.05) is 36.1 Å². The van der Waals surface area contributed by atoms with Gasteiger partial charge in [0.15, 0.2) is 0 Å². The van der Waals surface area contributed by atoms with Gasteiger partial charge in [-0.15, -0.1) is 12.4 Å². The summed E-state index contributed by atoms with van der Waals surface area (Å²) in [5, 5.41) is 3.26. The van der Waals surface area contributed by atoms with Crippen molar-refractivity contribution in [1.29, 1.82) is 4.78 Å². The normalized spacial score (nSPS) is 19.8. The van der Waals surface area contributed by atoms with Crippen LogP contribution in [0, 0.1) is 22.2 Å². The molecule has 3 atom stereocenters. The van der Waals surface area contributed by atoms with Gasteiger partial charge in [-0.05, 0) is 54.8 Å². The highest BCUT2D eigenvalue weighted by Gasteiger charge is 2.31. The van der Waals surface area contributed by atoms with Crippen molar-refractivity contribution in [1.82, 2.24) is 15.0 Å². The molecule has 0 bridgehead atoms.